The van der Waals surface area contributed by atoms with E-state index >= 15 is 0 Å². The maximum atomic E-state index is 11.8. The third kappa shape index (κ3) is 4.22. The molecule has 0 aliphatic carbocycles. The summed E-state index contributed by atoms with van der Waals surface area (Å²) in [5.41, 5.74) is 0.884. The number of aromatic carboxylic acids is 1. The molecule has 0 radical (unpaired) electrons. The average molecular weight is 279 g/mol. The Morgan fingerprint density at radius 2 is 2.05 bits per heavy atom. The minimum atomic E-state index is -1.00. The van der Waals surface area contributed by atoms with Gasteiger partial charge in [-0.1, -0.05) is 13.3 Å². The van der Waals surface area contributed by atoms with Gasteiger partial charge in [-0.05, 0) is 25.5 Å². The minimum Gasteiger partial charge on any atom is -0.478 e. The van der Waals surface area contributed by atoms with Crippen molar-refractivity contribution < 1.29 is 14.7 Å². The summed E-state index contributed by atoms with van der Waals surface area (Å²) in [6.45, 7) is 3.72. The highest BCUT2D eigenvalue weighted by atomic mass is 16.4. The molecule has 0 saturated heterocycles. The van der Waals surface area contributed by atoms with E-state index in [0.717, 1.165) is 6.42 Å². The number of anilines is 1. The molecular weight excluding hydrogens is 258 g/mol. The van der Waals surface area contributed by atoms with E-state index in [4.69, 9.17) is 5.11 Å². The number of hydrogen-bond acceptors (Lipinski definition) is 4. The molecule has 110 valence electrons. The van der Waals surface area contributed by atoms with Crippen molar-refractivity contribution in [3.05, 3.63) is 23.4 Å². The van der Waals surface area contributed by atoms with Crippen LogP contribution in [-0.2, 0) is 11.2 Å². The van der Waals surface area contributed by atoms with E-state index in [0.29, 0.717) is 17.9 Å². The molecule has 1 aromatic heterocycles. The first-order valence-electron chi connectivity index (χ1n) is 6.57. The van der Waals surface area contributed by atoms with Gasteiger partial charge in [0, 0.05) is 19.8 Å². The van der Waals surface area contributed by atoms with Gasteiger partial charge in [-0.25, -0.2) is 9.78 Å². The van der Waals surface area contributed by atoms with Gasteiger partial charge in [0.2, 0.25) is 5.91 Å². The predicted octanol–water partition coefficient (Wildman–Crippen LogP) is 1.62. The van der Waals surface area contributed by atoms with Gasteiger partial charge in [0.15, 0.2) is 0 Å². The molecule has 0 bridgehead atoms. The molecular formula is C14H21N3O3. The van der Waals surface area contributed by atoms with Crippen LogP contribution in [0.4, 0.5) is 5.82 Å². The highest BCUT2D eigenvalue weighted by Crippen LogP contribution is 2.13. The summed E-state index contributed by atoms with van der Waals surface area (Å²) in [6, 6.07) is 2.55. The second-order valence-corrected chi connectivity index (χ2v) is 4.89. The molecule has 1 unspecified atom stereocenters. The minimum absolute atomic E-state index is 0.0930. The Morgan fingerprint density at radius 3 is 2.55 bits per heavy atom. The van der Waals surface area contributed by atoms with Gasteiger partial charge in [-0.15, -0.1) is 0 Å². The quantitative estimate of drug-likeness (QED) is 0.827. The van der Waals surface area contributed by atoms with Crippen LogP contribution in [0, 0.1) is 0 Å². The summed E-state index contributed by atoms with van der Waals surface area (Å²) >= 11 is 0. The number of hydrogen-bond donors (Lipinski definition) is 2. The zero-order chi connectivity index (χ0) is 15.3. The summed E-state index contributed by atoms with van der Waals surface area (Å²) in [7, 11) is 3.34. The number of nitrogens with one attached hydrogen (secondary N) is 1. The molecule has 0 aromatic carbocycles. The van der Waals surface area contributed by atoms with Gasteiger partial charge in [0.1, 0.15) is 11.9 Å². The first kappa shape index (κ1) is 15.9. The van der Waals surface area contributed by atoms with Crippen LogP contribution in [0.2, 0.25) is 0 Å². The van der Waals surface area contributed by atoms with Crippen LogP contribution in [0.3, 0.4) is 0 Å². The van der Waals surface area contributed by atoms with Gasteiger partial charge in [-0.3, -0.25) is 4.79 Å². The van der Waals surface area contributed by atoms with Crippen LogP contribution in [0.5, 0.6) is 0 Å². The maximum absolute atomic E-state index is 11.8. The van der Waals surface area contributed by atoms with E-state index in [2.05, 4.69) is 10.3 Å². The van der Waals surface area contributed by atoms with Crippen molar-refractivity contribution in [1.82, 2.24) is 9.88 Å². The first-order chi connectivity index (χ1) is 9.35. The number of carboxylic acid groups (broad SMARTS) is 1. The Balaban J connectivity index is 2.99. The number of rotatable bonds is 6. The van der Waals surface area contributed by atoms with Crippen molar-refractivity contribution in [3.63, 3.8) is 0 Å². The number of likely N-dealkylation sites (N-methyl/N-ethyl adjacent to an activating group) is 1. The second kappa shape index (κ2) is 6.88. The molecule has 1 aromatic rings. The van der Waals surface area contributed by atoms with E-state index in [1.807, 2.05) is 6.92 Å². The number of nitrogens with zero attached hydrogens (tertiary/aromatic N) is 2. The van der Waals surface area contributed by atoms with E-state index in [9.17, 15) is 9.59 Å². The smallest absolute Gasteiger partial charge is 0.335 e. The molecule has 1 heterocycles. The molecule has 0 fully saturated rings. The van der Waals surface area contributed by atoms with E-state index in [1.54, 1.807) is 27.1 Å². The van der Waals surface area contributed by atoms with Crippen LogP contribution in [0.25, 0.3) is 0 Å². The summed E-state index contributed by atoms with van der Waals surface area (Å²) in [4.78, 5) is 28.7. The molecule has 20 heavy (non-hydrogen) atoms. The number of amides is 1. The molecule has 2 N–H and O–H groups in total. The lowest BCUT2D eigenvalue weighted by Gasteiger charge is -2.19. The fourth-order valence-electron chi connectivity index (χ4n) is 1.84. The van der Waals surface area contributed by atoms with Gasteiger partial charge < -0.3 is 15.3 Å². The molecule has 1 rings (SSSR count). The molecule has 1 atom stereocenters. The lowest BCUT2D eigenvalue weighted by molar-refractivity contribution is -0.129. The highest BCUT2D eigenvalue weighted by Gasteiger charge is 2.16. The van der Waals surface area contributed by atoms with Crippen molar-refractivity contribution in [3.8, 4) is 0 Å². The molecule has 0 spiro atoms. The summed E-state index contributed by atoms with van der Waals surface area (Å²) < 4.78 is 0. The monoisotopic (exact) mass is 279 g/mol. The van der Waals surface area contributed by atoms with Crippen molar-refractivity contribution >= 4 is 17.7 Å². The SMILES string of the molecule is CCCc1cc(C(=O)O)cc(NC(C)C(=O)N(C)C)n1. The summed E-state index contributed by atoms with van der Waals surface area (Å²) in [6.07, 6.45) is 1.58. The maximum Gasteiger partial charge on any atom is 0.335 e. The fraction of sp³-hybridized carbons (Fsp3) is 0.500. The standard InChI is InChI=1S/C14H21N3O3/c1-5-6-11-7-10(14(19)20)8-12(16-11)15-9(2)13(18)17(3)4/h7-9H,5-6H2,1-4H3,(H,15,16)(H,19,20). The third-order valence-electron chi connectivity index (χ3n) is 2.81. The number of aromatic nitrogens is 1. The molecule has 6 heteroatoms. The first-order valence-corrected chi connectivity index (χ1v) is 6.57. The highest BCUT2D eigenvalue weighted by molar-refractivity contribution is 5.89. The number of carbonyl (C=O) groups excluding carboxylic acids is 1. The molecule has 0 aliphatic heterocycles. The van der Waals surface area contributed by atoms with Gasteiger partial charge in [0.25, 0.3) is 0 Å². The number of aryl methyl sites for hydroxylation is 1. The second-order valence-electron chi connectivity index (χ2n) is 4.89. The van der Waals surface area contributed by atoms with Crippen molar-refractivity contribution in [2.45, 2.75) is 32.7 Å². The zero-order valence-corrected chi connectivity index (χ0v) is 12.3. The van der Waals surface area contributed by atoms with Crippen LogP contribution >= 0.6 is 0 Å². The zero-order valence-electron chi connectivity index (χ0n) is 12.3. The molecule has 0 aliphatic rings. The number of carboxylic acids is 1. The third-order valence-corrected chi connectivity index (χ3v) is 2.81. The van der Waals surface area contributed by atoms with Crippen molar-refractivity contribution in [2.75, 3.05) is 19.4 Å². The van der Waals surface area contributed by atoms with E-state index < -0.39 is 12.0 Å². The van der Waals surface area contributed by atoms with Crippen LogP contribution < -0.4 is 5.32 Å². The molecule has 1 amide bonds. The number of pyridine rings is 1. The number of carbonyl (C=O) groups is 2. The molecule has 6 nitrogen and oxygen atoms in total. The Kier molecular flexibility index (Phi) is 5.49. The normalized spacial score (nSPS) is 11.8. The van der Waals surface area contributed by atoms with Gasteiger partial charge in [0.05, 0.1) is 5.56 Å². The fourth-order valence-corrected chi connectivity index (χ4v) is 1.84. The largest absolute Gasteiger partial charge is 0.478 e. The van der Waals surface area contributed by atoms with Gasteiger partial charge in [-0.2, -0.15) is 0 Å². The summed E-state index contributed by atoms with van der Waals surface area (Å²) in [5.74, 6) is -0.681. The van der Waals surface area contributed by atoms with Crippen molar-refractivity contribution in [1.29, 1.82) is 0 Å². The molecule has 0 saturated carbocycles. The Bertz CT molecular complexity index is 500. The van der Waals surface area contributed by atoms with Crippen LogP contribution in [0.15, 0.2) is 12.1 Å². The Labute approximate surface area is 118 Å². The van der Waals surface area contributed by atoms with Crippen LogP contribution in [0.1, 0.15) is 36.3 Å². The van der Waals surface area contributed by atoms with E-state index in [1.165, 1.54) is 11.0 Å². The predicted molar refractivity (Wildman–Crippen MR) is 77.0 cm³/mol. The Hall–Kier alpha value is -2.11. The summed E-state index contributed by atoms with van der Waals surface area (Å²) in [5, 5.41) is 12.1. The average Bonchev–Trinajstić information content (AvgIpc) is 2.37. The topological polar surface area (TPSA) is 82.5 Å². The Morgan fingerprint density at radius 1 is 1.40 bits per heavy atom. The lowest BCUT2D eigenvalue weighted by Crippen LogP contribution is -2.36. The lowest BCUT2D eigenvalue weighted by atomic mass is 10.1. The van der Waals surface area contributed by atoms with Gasteiger partial charge >= 0.3 is 5.97 Å². The van der Waals surface area contributed by atoms with Crippen LogP contribution in [-0.4, -0.2) is 47.0 Å². The van der Waals surface area contributed by atoms with E-state index in [-0.39, 0.29) is 11.5 Å². The van der Waals surface area contributed by atoms with Crippen molar-refractivity contribution in [2.24, 2.45) is 0 Å².